The molecule has 1 atom stereocenters. The summed E-state index contributed by atoms with van der Waals surface area (Å²) >= 11 is 0. The summed E-state index contributed by atoms with van der Waals surface area (Å²) in [5, 5.41) is 0. The topological polar surface area (TPSA) is 49.3 Å². The van der Waals surface area contributed by atoms with Crippen LogP contribution in [0.4, 0.5) is 14.6 Å². The number of likely N-dealkylation sites (tertiary alicyclic amines) is 1. The third-order valence-electron chi connectivity index (χ3n) is 5.73. The molecular weight excluding hydrogens is 326 g/mol. The number of aromatic nitrogens is 2. The minimum atomic E-state index is -2.61. The Morgan fingerprint density at radius 3 is 2.72 bits per heavy atom. The van der Waals surface area contributed by atoms with E-state index in [0.717, 1.165) is 50.2 Å². The zero-order valence-corrected chi connectivity index (χ0v) is 14.4. The Morgan fingerprint density at radius 1 is 1.12 bits per heavy atom. The van der Waals surface area contributed by atoms with E-state index in [1.54, 1.807) is 11.2 Å². The Kier molecular flexibility index (Phi) is 4.33. The van der Waals surface area contributed by atoms with Gasteiger partial charge in [-0.25, -0.2) is 18.7 Å². The molecule has 0 bridgehead atoms. The average molecular weight is 350 g/mol. The van der Waals surface area contributed by atoms with Gasteiger partial charge in [0.15, 0.2) is 0 Å². The predicted octanol–water partition coefficient (Wildman–Crippen LogP) is 2.44. The summed E-state index contributed by atoms with van der Waals surface area (Å²) in [6.07, 6.45) is 6.07. The number of anilines is 1. The molecule has 5 nitrogen and oxygen atoms in total. The van der Waals surface area contributed by atoms with Crippen LogP contribution >= 0.6 is 0 Å². The van der Waals surface area contributed by atoms with Crippen molar-refractivity contribution in [3.8, 4) is 0 Å². The fourth-order valence-electron chi connectivity index (χ4n) is 4.30. The molecule has 2 saturated heterocycles. The molecule has 2 fully saturated rings. The lowest BCUT2D eigenvalue weighted by molar-refractivity contribution is -0.141. The second-order valence-corrected chi connectivity index (χ2v) is 7.44. The van der Waals surface area contributed by atoms with Gasteiger partial charge in [-0.05, 0) is 32.1 Å². The van der Waals surface area contributed by atoms with Gasteiger partial charge in [0.05, 0.1) is 5.92 Å². The van der Waals surface area contributed by atoms with Crippen LogP contribution in [-0.4, -0.2) is 52.9 Å². The monoisotopic (exact) mass is 350 g/mol. The third kappa shape index (κ3) is 3.33. The van der Waals surface area contributed by atoms with E-state index in [0.29, 0.717) is 6.54 Å². The zero-order valence-electron chi connectivity index (χ0n) is 14.4. The molecule has 0 saturated carbocycles. The van der Waals surface area contributed by atoms with Crippen LogP contribution in [0.3, 0.4) is 0 Å². The first-order valence-electron chi connectivity index (χ1n) is 9.28. The van der Waals surface area contributed by atoms with Crippen LogP contribution in [0, 0.1) is 5.92 Å². The Morgan fingerprint density at radius 2 is 1.92 bits per heavy atom. The molecule has 4 rings (SSSR count). The molecule has 3 heterocycles. The van der Waals surface area contributed by atoms with E-state index in [2.05, 4.69) is 14.9 Å². The number of fused-ring (bicyclic) bond motifs is 1. The number of nitrogens with zero attached hydrogens (tertiary/aromatic N) is 4. The number of hydrogen-bond acceptors (Lipinski definition) is 4. The molecular formula is C18H24F2N4O. The number of piperidine rings is 2. The predicted molar refractivity (Wildman–Crippen MR) is 89.8 cm³/mol. The van der Waals surface area contributed by atoms with Crippen LogP contribution in [0.1, 0.15) is 43.4 Å². The molecule has 7 heteroatoms. The Balaban J connectivity index is 1.45. The van der Waals surface area contributed by atoms with Crippen LogP contribution in [0.25, 0.3) is 0 Å². The molecule has 2 aliphatic heterocycles. The van der Waals surface area contributed by atoms with Gasteiger partial charge in [-0.2, -0.15) is 0 Å². The molecule has 0 radical (unpaired) electrons. The van der Waals surface area contributed by atoms with Crippen LogP contribution in [0.2, 0.25) is 0 Å². The van der Waals surface area contributed by atoms with Gasteiger partial charge < -0.3 is 9.80 Å². The number of rotatable bonds is 2. The van der Waals surface area contributed by atoms with Crippen molar-refractivity contribution >= 4 is 11.7 Å². The quantitative estimate of drug-likeness (QED) is 0.822. The number of halogens is 2. The number of hydrogen-bond donors (Lipinski definition) is 0. The summed E-state index contributed by atoms with van der Waals surface area (Å²) in [4.78, 5) is 25.5. The second kappa shape index (κ2) is 6.50. The van der Waals surface area contributed by atoms with Crippen molar-refractivity contribution in [2.24, 2.45) is 5.92 Å². The summed E-state index contributed by atoms with van der Waals surface area (Å²) in [5.41, 5.74) is 2.37. The van der Waals surface area contributed by atoms with Crippen molar-refractivity contribution in [3.63, 3.8) is 0 Å². The molecule has 1 unspecified atom stereocenters. The van der Waals surface area contributed by atoms with Crippen molar-refractivity contribution in [2.75, 3.05) is 31.1 Å². The van der Waals surface area contributed by atoms with Gasteiger partial charge >= 0.3 is 0 Å². The first-order valence-corrected chi connectivity index (χ1v) is 9.28. The number of aryl methyl sites for hydroxylation is 1. The Hall–Kier alpha value is -1.79. The minimum Gasteiger partial charge on any atom is -0.355 e. The van der Waals surface area contributed by atoms with Crippen LogP contribution in [-0.2, 0) is 17.6 Å². The number of carbonyl (C=O) groups is 1. The van der Waals surface area contributed by atoms with E-state index < -0.39 is 5.92 Å². The van der Waals surface area contributed by atoms with Crippen molar-refractivity contribution in [3.05, 3.63) is 17.6 Å². The van der Waals surface area contributed by atoms with Gasteiger partial charge in [0, 0.05) is 50.3 Å². The van der Waals surface area contributed by atoms with Crippen LogP contribution in [0.15, 0.2) is 6.33 Å². The van der Waals surface area contributed by atoms with E-state index in [4.69, 9.17) is 0 Å². The second-order valence-electron chi connectivity index (χ2n) is 7.44. The van der Waals surface area contributed by atoms with Gasteiger partial charge in [-0.3, -0.25) is 4.79 Å². The van der Waals surface area contributed by atoms with Gasteiger partial charge in [0.2, 0.25) is 5.91 Å². The fraction of sp³-hybridized carbons (Fsp3) is 0.722. The molecule has 136 valence electrons. The van der Waals surface area contributed by atoms with E-state index in [-0.39, 0.29) is 37.8 Å². The molecule has 1 aliphatic carbocycles. The van der Waals surface area contributed by atoms with Gasteiger partial charge in [-0.1, -0.05) is 0 Å². The third-order valence-corrected chi connectivity index (χ3v) is 5.73. The maximum Gasteiger partial charge on any atom is 0.251 e. The molecule has 25 heavy (non-hydrogen) atoms. The highest BCUT2D eigenvalue weighted by Gasteiger charge is 2.38. The molecule has 1 amide bonds. The number of amides is 1. The molecule has 1 aromatic rings. The summed E-state index contributed by atoms with van der Waals surface area (Å²) < 4.78 is 26.7. The average Bonchev–Trinajstić information content (AvgIpc) is 3.10. The van der Waals surface area contributed by atoms with Crippen LogP contribution in [0.5, 0.6) is 0 Å². The highest BCUT2D eigenvalue weighted by Crippen LogP contribution is 2.32. The lowest BCUT2D eigenvalue weighted by Gasteiger charge is -2.38. The van der Waals surface area contributed by atoms with E-state index in [1.807, 2.05) is 0 Å². The molecule has 0 spiro atoms. The lowest BCUT2D eigenvalue weighted by atomic mass is 9.94. The molecule has 0 N–H and O–H groups in total. The first kappa shape index (κ1) is 16.7. The summed E-state index contributed by atoms with van der Waals surface area (Å²) in [5.74, 6) is -1.72. The number of carbonyl (C=O) groups excluding carboxylic acids is 1. The van der Waals surface area contributed by atoms with Crippen molar-refractivity contribution in [1.82, 2.24) is 14.9 Å². The largest absolute Gasteiger partial charge is 0.355 e. The minimum absolute atomic E-state index is 0.0332. The van der Waals surface area contributed by atoms with E-state index in [9.17, 15) is 13.6 Å². The Bertz CT molecular complexity index is 656. The Labute approximate surface area is 146 Å². The lowest BCUT2D eigenvalue weighted by Crippen LogP contribution is -2.49. The fourth-order valence-corrected chi connectivity index (χ4v) is 4.30. The summed E-state index contributed by atoms with van der Waals surface area (Å²) in [6.45, 7) is 1.87. The highest BCUT2D eigenvalue weighted by atomic mass is 19.3. The SMILES string of the molecule is O=C(C1CCCN(c2ncnc3c2CCC3)C1)N1CCC(F)(F)CC1. The summed E-state index contributed by atoms with van der Waals surface area (Å²) in [7, 11) is 0. The normalized spacial score (nSPS) is 25.8. The van der Waals surface area contributed by atoms with Crippen molar-refractivity contribution in [1.29, 1.82) is 0 Å². The van der Waals surface area contributed by atoms with E-state index in [1.165, 1.54) is 5.56 Å². The molecule has 3 aliphatic rings. The molecule has 0 aromatic carbocycles. The van der Waals surface area contributed by atoms with Gasteiger partial charge in [-0.15, -0.1) is 0 Å². The number of alkyl halides is 2. The molecule has 1 aromatic heterocycles. The zero-order chi connectivity index (χ0) is 17.4. The summed E-state index contributed by atoms with van der Waals surface area (Å²) in [6, 6.07) is 0. The van der Waals surface area contributed by atoms with Crippen molar-refractivity contribution < 1.29 is 13.6 Å². The van der Waals surface area contributed by atoms with Gasteiger partial charge in [0.25, 0.3) is 5.92 Å². The van der Waals surface area contributed by atoms with Crippen LogP contribution < -0.4 is 4.90 Å². The highest BCUT2D eigenvalue weighted by molar-refractivity contribution is 5.80. The van der Waals surface area contributed by atoms with E-state index >= 15 is 0 Å². The maximum atomic E-state index is 13.3. The van der Waals surface area contributed by atoms with Crippen molar-refractivity contribution in [2.45, 2.75) is 50.9 Å². The standard InChI is InChI=1S/C18H24F2N4O/c19-18(20)6-9-23(10-7-18)17(25)13-3-2-8-24(11-13)16-14-4-1-5-15(14)21-12-22-16/h12-13H,1-11H2. The maximum absolute atomic E-state index is 13.3. The smallest absolute Gasteiger partial charge is 0.251 e. The van der Waals surface area contributed by atoms with Gasteiger partial charge in [0.1, 0.15) is 12.1 Å². The first-order chi connectivity index (χ1) is 12.0.